The molecule has 0 saturated carbocycles. The predicted molar refractivity (Wildman–Crippen MR) is 73.9 cm³/mol. The first-order valence-electron chi connectivity index (χ1n) is 6.34. The molecule has 0 saturated heterocycles. The number of amides is 2. The van der Waals surface area contributed by atoms with Crippen LogP contribution in [0.1, 0.15) is 18.9 Å². The van der Waals surface area contributed by atoms with Crippen LogP contribution in [-0.2, 0) is 9.59 Å². The molecular formula is C13H18N4O3. The smallest absolute Gasteiger partial charge is 0.316 e. The summed E-state index contributed by atoms with van der Waals surface area (Å²) in [5.41, 5.74) is 0.714. The molecule has 0 aromatic carbocycles. The molecule has 0 unspecified atom stereocenters. The van der Waals surface area contributed by atoms with Crippen molar-refractivity contribution in [1.82, 2.24) is 20.6 Å². The molecule has 7 nitrogen and oxygen atoms in total. The van der Waals surface area contributed by atoms with Crippen molar-refractivity contribution in [3.63, 3.8) is 0 Å². The number of ether oxygens (including phenoxy) is 1. The summed E-state index contributed by atoms with van der Waals surface area (Å²) in [6.07, 6.45) is 7.50. The molecule has 7 heteroatoms. The Bertz CT molecular complexity index is 445. The van der Waals surface area contributed by atoms with Gasteiger partial charge >= 0.3 is 6.01 Å². The highest BCUT2D eigenvalue weighted by Crippen LogP contribution is 2.03. The lowest BCUT2D eigenvalue weighted by Crippen LogP contribution is -2.25. The van der Waals surface area contributed by atoms with Crippen LogP contribution in [0.3, 0.4) is 0 Å². The van der Waals surface area contributed by atoms with Crippen molar-refractivity contribution in [1.29, 1.82) is 0 Å². The fourth-order valence-electron chi connectivity index (χ4n) is 1.31. The van der Waals surface area contributed by atoms with Gasteiger partial charge in [0.2, 0.25) is 12.3 Å². The Labute approximate surface area is 117 Å². The lowest BCUT2D eigenvalue weighted by Gasteiger charge is -2.01. The monoisotopic (exact) mass is 278 g/mol. The Morgan fingerprint density at radius 1 is 1.35 bits per heavy atom. The van der Waals surface area contributed by atoms with E-state index in [2.05, 4.69) is 20.6 Å². The maximum Gasteiger partial charge on any atom is 0.316 e. The second kappa shape index (κ2) is 9.48. The molecule has 1 aromatic heterocycles. The van der Waals surface area contributed by atoms with Gasteiger partial charge in [0, 0.05) is 37.1 Å². The predicted octanol–water partition coefficient (Wildman–Crippen LogP) is 0.141. The molecule has 0 fully saturated rings. The van der Waals surface area contributed by atoms with E-state index in [0.717, 1.165) is 0 Å². The molecule has 20 heavy (non-hydrogen) atoms. The van der Waals surface area contributed by atoms with Crippen LogP contribution in [0.2, 0.25) is 0 Å². The SMILES string of the molecule is CCOc1ncc(/C=C/C(=O)NCCCNC=O)cn1. The van der Waals surface area contributed by atoms with Crippen LogP contribution in [0, 0.1) is 0 Å². The second-order valence-electron chi connectivity index (χ2n) is 3.78. The number of aromatic nitrogens is 2. The number of nitrogens with one attached hydrogen (secondary N) is 2. The second-order valence-corrected chi connectivity index (χ2v) is 3.78. The Hall–Kier alpha value is -2.44. The summed E-state index contributed by atoms with van der Waals surface area (Å²) in [6, 6.07) is 0.316. The molecule has 0 aliphatic rings. The van der Waals surface area contributed by atoms with Crippen LogP contribution in [-0.4, -0.2) is 42.0 Å². The van der Waals surface area contributed by atoms with Crippen molar-refractivity contribution in [3.8, 4) is 6.01 Å². The van der Waals surface area contributed by atoms with Crippen LogP contribution in [0.25, 0.3) is 6.08 Å². The summed E-state index contributed by atoms with van der Waals surface area (Å²) in [5.74, 6) is -0.204. The normalized spacial score (nSPS) is 10.2. The van der Waals surface area contributed by atoms with Crippen molar-refractivity contribution in [3.05, 3.63) is 24.0 Å². The van der Waals surface area contributed by atoms with Crippen LogP contribution >= 0.6 is 0 Å². The average molecular weight is 278 g/mol. The van der Waals surface area contributed by atoms with E-state index in [9.17, 15) is 9.59 Å². The molecule has 1 rings (SSSR count). The number of hydrogen-bond donors (Lipinski definition) is 2. The number of nitrogens with zero attached hydrogens (tertiary/aromatic N) is 2. The van der Waals surface area contributed by atoms with Crippen molar-refractivity contribution in [2.75, 3.05) is 19.7 Å². The van der Waals surface area contributed by atoms with Gasteiger partial charge in [0.25, 0.3) is 0 Å². The van der Waals surface area contributed by atoms with E-state index in [1.54, 1.807) is 18.5 Å². The fraction of sp³-hybridized carbons (Fsp3) is 0.385. The molecular weight excluding hydrogens is 260 g/mol. The lowest BCUT2D eigenvalue weighted by atomic mass is 10.3. The van der Waals surface area contributed by atoms with E-state index in [0.29, 0.717) is 44.1 Å². The molecule has 108 valence electrons. The number of carbonyl (C=O) groups is 2. The Morgan fingerprint density at radius 2 is 2.10 bits per heavy atom. The molecule has 0 aliphatic heterocycles. The number of rotatable bonds is 9. The number of carbonyl (C=O) groups excluding carboxylic acids is 2. The van der Waals surface area contributed by atoms with Crippen molar-refractivity contribution in [2.45, 2.75) is 13.3 Å². The summed E-state index contributed by atoms with van der Waals surface area (Å²) in [6.45, 7) is 3.41. The van der Waals surface area contributed by atoms with Crippen LogP contribution in [0.15, 0.2) is 18.5 Å². The van der Waals surface area contributed by atoms with Gasteiger partial charge in [-0.2, -0.15) is 0 Å². The third kappa shape index (κ3) is 6.48. The minimum absolute atomic E-state index is 0.204. The molecule has 1 heterocycles. The fourth-order valence-corrected chi connectivity index (χ4v) is 1.31. The van der Waals surface area contributed by atoms with E-state index in [1.165, 1.54) is 6.08 Å². The van der Waals surface area contributed by atoms with Crippen molar-refractivity contribution in [2.24, 2.45) is 0 Å². The maximum atomic E-state index is 11.5. The van der Waals surface area contributed by atoms with Gasteiger partial charge in [-0.15, -0.1) is 0 Å². The van der Waals surface area contributed by atoms with Crippen molar-refractivity contribution < 1.29 is 14.3 Å². The van der Waals surface area contributed by atoms with E-state index < -0.39 is 0 Å². The highest BCUT2D eigenvalue weighted by atomic mass is 16.5. The quantitative estimate of drug-likeness (QED) is 0.381. The molecule has 2 N–H and O–H groups in total. The highest BCUT2D eigenvalue weighted by molar-refractivity contribution is 5.91. The Morgan fingerprint density at radius 3 is 2.75 bits per heavy atom. The van der Waals surface area contributed by atoms with E-state index in [4.69, 9.17) is 4.74 Å². The first kappa shape index (κ1) is 15.6. The number of hydrogen-bond acceptors (Lipinski definition) is 5. The van der Waals surface area contributed by atoms with Gasteiger partial charge in [0.1, 0.15) is 0 Å². The van der Waals surface area contributed by atoms with Gasteiger partial charge in [0.15, 0.2) is 0 Å². The zero-order valence-electron chi connectivity index (χ0n) is 11.3. The summed E-state index contributed by atoms with van der Waals surface area (Å²) in [4.78, 5) is 29.4. The molecule has 2 amide bonds. The van der Waals surface area contributed by atoms with E-state index in [-0.39, 0.29) is 5.91 Å². The van der Waals surface area contributed by atoms with Gasteiger partial charge in [-0.05, 0) is 19.4 Å². The summed E-state index contributed by atoms with van der Waals surface area (Å²) in [7, 11) is 0. The van der Waals surface area contributed by atoms with Crippen molar-refractivity contribution >= 4 is 18.4 Å². The molecule has 1 aromatic rings. The van der Waals surface area contributed by atoms with Crippen LogP contribution in [0.4, 0.5) is 0 Å². The maximum absolute atomic E-state index is 11.5. The Kier molecular flexibility index (Phi) is 7.41. The lowest BCUT2D eigenvalue weighted by molar-refractivity contribution is -0.116. The first-order chi connectivity index (χ1) is 9.76. The van der Waals surface area contributed by atoms with Gasteiger partial charge in [-0.25, -0.2) is 9.97 Å². The largest absolute Gasteiger partial charge is 0.464 e. The minimum Gasteiger partial charge on any atom is -0.464 e. The van der Waals surface area contributed by atoms with Gasteiger partial charge in [-0.3, -0.25) is 9.59 Å². The topological polar surface area (TPSA) is 93.2 Å². The van der Waals surface area contributed by atoms with Gasteiger partial charge in [0.05, 0.1) is 6.61 Å². The van der Waals surface area contributed by atoms with Gasteiger partial charge in [-0.1, -0.05) is 0 Å². The minimum atomic E-state index is -0.204. The third-order valence-electron chi connectivity index (χ3n) is 2.23. The molecule has 0 aliphatic carbocycles. The molecule has 0 bridgehead atoms. The third-order valence-corrected chi connectivity index (χ3v) is 2.23. The first-order valence-corrected chi connectivity index (χ1v) is 6.34. The summed E-state index contributed by atoms with van der Waals surface area (Å²) in [5, 5.41) is 5.21. The zero-order chi connectivity index (χ0) is 14.6. The van der Waals surface area contributed by atoms with Crippen LogP contribution in [0.5, 0.6) is 6.01 Å². The average Bonchev–Trinajstić information content (AvgIpc) is 2.47. The molecule has 0 spiro atoms. The summed E-state index contributed by atoms with van der Waals surface area (Å²) < 4.78 is 5.12. The standard InChI is InChI=1S/C13H18N4O3/c1-2-20-13-16-8-11(9-17-13)4-5-12(19)15-7-3-6-14-10-18/h4-5,8-10H,2-3,6-7H2,1H3,(H,14,18)(H,15,19)/b5-4+. The zero-order valence-corrected chi connectivity index (χ0v) is 11.3. The highest BCUT2D eigenvalue weighted by Gasteiger charge is 1.97. The summed E-state index contributed by atoms with van der Waals surface area (Å²) >= 11 is 0. The van der Waals surface area contributed by atoms with Gasteiger partial charge < -0.3 is 15.4 Å². The van der Waals surface area contributed by atoms with Crippen LogP contribution < -0.4 is 15.4 Å². The molecule has 0 radical (unpaired) electrons. The van der Waals surface area contributed by atoms with E-state index >= 15 is 0 Å². The van der Waals surface area contributed by atoms with E-state index in [1.807, 2.05) is 6.92 Å². The Balaban J connectivity index is 2.31. The molecule has 0 atom stereocenters.